The first-order valence-electron chi connectivity index (χ1n) is 5.28. The highest BCUT2D eigenvalue weighted by molar-refractivity contribution is 5.52. The third-order valence-electron chi connectivity index (χ3n) is 1.46. The van der Waals surface area contributed by atoms with E-state index in [1.54, 1.807) is 6.20 Å². The topological polar surface area (TPSA) is 26.0 Å². The number of hydrogen-bond donors (Lipinski definition) is 1. The fourth-order valence-electron chi connectivity index (χ4n) is 0.877. The normalized spacial score (nSPS) is 8.36. The highest BCUT2D eigenvalue weighted by atomic mass is 14.5. The van der Waals surface area contributed by atoms with Crippen LogP contribution in [0.15, 0.2) is 30.5 Å². The van der Waals surface area contributed by atoms with Crippen LogP contribution in [0.3, 0.4) is 0 Å². The summed E-state index contributed by atoms with van der Waals surface area (Å²) in [5.74, 6) is 0. The molecule has 1 heteroatoms. The number of aryl methyl sites for hydroxylation is 1. The Morgan fingerprint density at radius 1 is 1.00 bits per heavy atom. The molecule has 0 bridgehead atoms. The van der Waals surface area contributed by atoms with E-state index in [2.05, 4.69) is 13.0 Å². The zero-order valence-corrected chi connectivity index (χ0v) is 10.0. The molecule has 0 radical (unpaired) electrons. The molecule has 14 heavy (non-hydrogen) atoms. The van der Waals surface area contributed by atoms with Crippen LogP contribution >= 0.6 is 0 Å². The lowest BCUT2D eigenvalue weighted by molar-refractivity contribution is 1.44. The quantitative estimate of drug-likeness (QED) is 0.717. The molecule has 0 aliphatic rings. The third kappa shape index (κ3) is 6.30. The van der Waals surface area contributed by atoms with Crippen LogP contribution in [0.25, 0.3) is 6.08 Å². The molecule has 1 aromatic carbocycles. The number of rotatable bonds is 1. The first-order valence-corrected chi connectivity index (χ1v) is 5.28. The fraction of sp³-hybridized carbons (Fsp3) is 0.385. The Balaban J connectivity index is 0. The predicted molar refractivity (Wildman–Crippen MR) is 67.1 cm³/mol. The van der Waals surface area contributed by atoms with Crippen LogP contribution in [0.2, 0.25) is 0 Å². The average Bonchev–Trinajstić information content (AvgIpc) is 2.28. The van der Waals surface area contributed by atoms with Gasteiger partial charge in [0.1, 0.15) is 0 Å². The summed E-state index contributed by atoms with van der Waals surface area (Å²) in [5, 5.41) is 0. The van der Waals surface area contributed by atoms with Crippen molar-refractivity contribution in [3.63, 3.8) is 0 Å². The SMILES string of the molecule is CC.CC.Cc1ccccc1/C=C\N. The van der Waals surface area contributed by atoms with E-state index in [4.69, 9.17) is 5.73 Å². The Kier molecular flexibility index (Phi) is 12.8. The maximum atomic E-state index is 5.25. The summed E-state index contributed by atoms with van der Waals surface area (Å²) in [7, 11) is 0. The second-order valence-corrected chi connectivity index (χ2v) is 2.22. The Morgan fingerprint density at radius 3 is 1.93 bits per heavy atom. The molecule has 1 nitrogen and oxygen atoms in total. The molecule has 80 valence electrons. The molecule has 0 aromatic heterocycles. The van der Waals surface area contributed by atoms with E-state index in [0.717, 1.165) is 0 Å². The van der Waals surface area contributed by atoms with Gasteiger partial charge in [0.25, 0.3) is 0 Å². The van der Waals surface area contributed by atoms with Crippen LogP contribution in [0, 0.1) is 6.92 Å². The lowest BCUT2D eigenvalue weighted by Crippen LogP contribution is -1.80. The van der Waals surface area contributed by atoms with Gasteiger partial charge in [-0.1, -0.05) is 52.0 Å². The van der Waals surface area contributed by atoms with Crippen molar-refractivity contribution in [1.82, 2.24) is 0 Å². The highest BCUT2D eigenvalue weighted by Crippen LogP contribution is 2.07. The van der Waals surface area contributed by atoms with Crippen molar-refractivity contribution in [2.75, 3.05) is 0 Å². The van der Waals surface area contributed by atoms with Gasteiger partial charge in [0.2, 0.25) is 0 Å². The van der Waals surface area contributed by atoms with Crippen molar-refractivity contribution in [3.05, 3.63) is 41.6 Å². The van der Waals surface area contributed by atoms with Gasteiger partial charge in [0.15, 0.2) is 0 Å². The van der Waals surface area contributed by atoms with Crippen LogP contribution in [0.4, 0.5) is 0 Å². The molecule has 0 saturated heterocycles. The van der Waals surface area contributed by atoms with E-state index in [1.165, 1.54) is 11.1 Å². The Hall–Kier alpha value is -1.24. The van der Waals surface area contributed by atoms with Crippen molar-refractivity contribution in [3.8, 4) is 0 Å². The molecule has 0 unspecified atom stereocenters. The van der Waals surface area contributed by atoms with E-state index < -0.39 is 0 Å². The van der Waals surface area contributed by atoms with Gasteiger partial charge in [-0.15, -0.1) is 0 Å². The first-order chi connectivity index (χ1) is 6.84. The molecule has 1 aromatic rings. The minimum atomic E-state index is 1.19. The molecule has 0 saturated carbocycles. The Bertz CT molecular complexity index is 239. The van der Waals surface area contributed by atoms with Crippen LogP contribution in [-0.2, 0) is 0 Å². The minimum absolute atomic E-state index is 1.19. The van der Waals surface area contributed by atoms with E-state index >= 15 is 0 Å². The smallest absolute Gasteiger partial charge is 0.00563 e. The third-order valence-corrected chi connectivity index (χ3v) is 1.46. The second kappa shape index (κ2) is 11.8. The Morgan fingerprint density at radius 2 is 1.50 bits per heavy atom. The van der Waals surface area contributed by atoms with Gasteiger partial charge in [-0.25, -0.2) is 0 Å². The van der Waals surface area contributed by atoms with E-state index in [0.29, 0.717) is 0 Å². The maximum Gasteiger partial charge on any atom is -0.00563 e. The van der Waals surface area contributed by atoms with Crippen molar-refractivity contribution in [1.29, 1.82) is 0 Å². The number of nitrogens with two attached hydrogens (primary N) is 1. The minimum Gasteiger partial charge on any atom is -0.405 e. The molecule has 0 aliphatic carbocycles. The van der Waals surface area contributed by atoms with Gasteiger partial charge in [0.05, 0.1) is 0 Å². The zero-order chi connectivity index (χ0) is 11.4. The predicted octanol–water partition coefficient (Wildman–Crippen LogP) is 3.98. The summed E-state index contributed by atoms with van der Waals surface area (Å²) < 4.78 is 0. The standard InChI is InChI=1S/C9H11N.2C2H6/c1-8-4-2-3-5-9(8)6-7-10;2*1-2/h2-7H,10H2,1H3;2*1-2H3/b7-6-;;. The lowest BCUT2D eigenvalue weighted by Gasteiger charge is -1.96. The van der Waals surface area contributed by atoms with Crippen LogP contribution in [0.5, 0.6) is 0 Å². The summed E-state index contributed by atoms with van der Waals surface area (Å²) in [6.45, 7) is 10.1. The summed E-state index contributed by atoms with van der Waals surface area (Å²) in [5.41, 5.74) is 7.69. The molecule has 0 amide bonds. The highest BCUT2D eigenvalue weighted by Gasteiger charge is 1.88. The lowest BCUT2D eigenvalue weighted by atomic mass is 10.1. The largest absolute Gasteiger partial charge is 0.405 e. The summed E-state index contributed by atoms with van der Waals surface area (Å²) in [4.78, 5) is 0. The van der Waals surface area contributed by atoms with E-state index in [-0.39, 0.29) is 0 Å². The van der Waals surface area contributed by atoms with E-state index in [1.807, 2.05) is 52.0 Å². The molecular formula is C13H23N. The summed E-state index contributed by atoms with van der Waals surface area (Å²) >= 11 is 0. The molecule has 1 rings (SSSR count). The summed E-state index contributed by atoms with van der Waals surface area (Å²) in [6, 6.07) is 8.12. The molecular weight excluding hydrogens is 170 g/mol. The van der Waals surface area contributed by atoms with Crippen LogP contribution in [-0.4, -0.2) is 0 Å². The van der Waals surface area contributed by atoms with Gasteiger partial charge in [-0.05, 0) is 30.3 Å². The first kappa shape index (κ1) is 15.2. The fourth-order valence-corrected chi connectivity index (χ4v) is 0.877. The average molecular weight is 193 g/mol. The maximum absolute atomic E-state index is 5.25. The number of benzene rings is 1. The van der Waals surface area contributed by atoms with Crippen LogP contribution in [0.1, 0.15) is 38.8 Å². The molecule has 0 aliphatic heterocycles. The second-order valence-electron chi connectivity index (χ2n) is 2.22. The molecule has 0 heterocycles. The molecule has 0 atom stereocenters. The van der Waals surface area contributed by atoms with Gasteiger partial charge >= 0.3 is 0 Å². The van der Waals surface area contributed by atoms with Crippen LogP contribution < -0.4 is 5.73 Å². The van der Waals surface area contributed by atoms with Crippen molar-refractivity contribution >= 4 is 6.08 Å². The van der Waals surface area contributed by atoms with Gasteiger partial charge in [-0.2, -0.15) is 0 Å². The van der Waals surface area contributed by atoms with Crippen molar-refractivity contribution in [2.45, 2.75) is 34.6 Å². The summed E-state index contributed by atoms with van der Waals surface area (Å²) in [6.07, 6.45) is 3.46. The molecule has 0 fully saturated rings. The molecule has 0 spiro atoms. The van der Waals surface area contributed by atoms with Crippen molar-refractivity contribution < 1.29 is 0 Å². The zero-order valence-electron chi connectivity index (χ0n) is 10.0. The Labute approximate surface area is 88.6 Å². The van der Waals surface area contributed by atoms with Gasteiger partial charge < -0.3 is 5.73 Å². The number of hydrogen-bond acceptors (Lipinski definition) is 1. The van der Waals surface area contributed by atoms with Gasteiger partial charge in [0, 0.05) is 0 Å². The van der Waals surface area contributed by atoms with Gasteiger partial charge in [-0.3, -0.25) is 0 Å². The molecule has 2 N–H and O–H groups in total. The van der Waals surface area contributed by atoms with E-state index in [9.17, 15) is 0 Å². The van der Waals surface area contributed by atoms with Crippen molar-refractivity contribution in [2.24, 2.45) is 5.73 Å². The monoisotopic (exact) mass is 193 g/mol.